The maximum Gasteiger partial charge on any atom is 0 e. The Balaban J connectivity index is -0.00000000500. The van der Waals surface area contributed by atoms with Crippen LogP contribution in [0.2, 0.25) is 0 Å². The normalized spacial score (nSPS) is 1.50. The van der Waals surface area contributed by atoms with E-state index in [4.69, 9.17) is 5.21 Å². The van der Waals surface area contributed by atoms with Crippen molar-refractivity contribution in [3.8, 4) is 0 Å². The number of rotatable bonds is 0. The smallest absolute Gasteiger partial charge is 0 e. The van der Waals surface area contributed by atoms with E-state index in [2.05, 4.69) is 5.90 Å². The predicted octanol–water partition coefficient (Wildman–Crippen LogP) is -0.625. The van der Waals surface area contributed by atoms with Crippen LogP contribution in [0, 0.1) is 0 Å². The fourth-order valence-electron chi connectivity index (χ4n) is 0. The molecule has 3 N–H and O–H groups in total. The van der Waals surface area contributed by atoms with Crippen molar-refractivity contribution in [2.24, 2.45) is 5.90 Å². The number of hydrogen-bond acceptors (Lipinski definition) is 2. The number of nitrogens with two attached hydrogens (primary N) is 1. The van der Waals surface area contributed by atoms with Gasteiger partial charge in [0, 0.05) is 29.6 Å². The monoisotopic (exact) mass is 92.0 g/mol. The summed E-state index contributed by atoms with van der Waals surface area (Å²) in [6.45, 7) is 0. The van der Waals surface area contributed by atoms with Gasteiger partial charge in [-0.1, -0.05) is 0 Å². The molecule has 0 heterocycles. The van der Waals surface area contributed by atoms with Crippen molar-refractivity contribution >= 4 is 42.0 Å². The van der Waals surface area contributed by atoms with Gasteiger partial charge in [0.15, 0.2) is 0 Å². The number of hydrogen-bond donors (Lipinski definition) is 2. The second kappa shape index (κ2) is 29.6. The molecular weight excluding hydrogens is 88.4 g/mol. The minimum absolute atomic E-state index is 0. The van der Waals surface area contributed by atoms with E-state index in [0.29, 0.717) is 0 Å². The predicted molar refractivity (Wildman–Crippen MR) is 19.0 cm³/mol. The fourth-order valence-corrected chi connectivity index (χ4v) is 0. The zero-order valence-electron chi connectivity index (χ0n) is 2.43. The molecule has 0 spiro atoms. The molecule has 0 aliphatic carbocycles. The molecular formula is H4ClNNaO. The Bertz CT molecular complexity index is 8.00. The molecule has 0 unspecified atom stereocenters. The van der Waals surface area contributed by atoms with Crippen molar-refractivity contribution in [3.63, 3.8) is 0 Å². The van der Waals surface area contributed by atoms with E-state index in [1.54, 1.807) is 0 Å². The SMILES string of the molecule is Cl.NO.[Na]. The minimum Gasteiger partial charge on any atom is -0.320 e. The minimum atomic E-state index is 0. The molecule has 0 bridgehead atoms. The topological polar surface area (TPSA) is 46.2 Å². The first-order valence-electron chi connectivity index (χ1n) is 0.258. The van der Waals surface area contributed by atoms with Gasteiger partial charge in [-0.15, -0.1) is 12.4 Å². The van der Waals surface area contributed by atoms with Crippen molar-refractivity contribution in [2.75, 3.05) is 0 Å². The molecule has 0 rings (SSSR count). The zero-order chi connectivity index (χ0) is 2.00. The molecule has 0 amide bonds. The van der Waals surface area contributed by atoms with Crippen LogP contribution in [0.25, 0.3) is 0 Å². The molecule has 2 nitrogen and oxygen atoms in total. The molecule has 0 saturated carbocycles. The third-order valence-corrected chi connectivity index (χ3v) is 0. The standard InChI is InChI=1S/ClH.H3NO.Na/c;1-2;/h1H;2H,1H2;. The zero-order valence-corrected chi connectivity index (χ0v) is 5.25. The van der Waals surface area contributed by atoms with E-state index >= 15 is 0 Å². The van der Waals surface area contributed by atoms with Gasteiger partial charge in [0.05, 0.1) is 0 Å². The van der Waals surface area contributed by atoms with Crippen LogP contribution in [0.4, 0.5) is 0 Å². The molecule has 4 heavy (non-hydrogen) atoms. The van der Waals surface area contributed by atoms with Crippen LogP contribution in [-0.2, 0) is 0 Å². The van der Waals surface area contributed by atoms with Gasteiger partial charge in [-0.05, 0) is 0 Å². The van der Waals surface area contributed by atoms with E-state index in [1.807, 2.05) is 0 Å². The Labute approximate surface area is 53.0 Å². The first kappa shape index (κ1) is 18.9. The second-order valence-corrected chi connectivity index (χ2v) is 0. The van der Waals surface area contributed by atoms with Gasteiger partial charge in [-0.3, -0.25) is 0 Å². The van der Waals surface area contributed by atoms with Crippen LogP contribution >= 0.6 is 12.4 Å². The average Bonchev–Trinajstić information content (AvgIpc) is 1.00. The number of halogens is 1. The van der Waals surface area contributed by atoms with Crippen LogP contribution in [0.1, 0.15) is 0 Å². The molecule has 0 atom stereocenters. The van der Waals surface area contributed by atoms with Gasteiger partial charge < -0.3 is 5.21 Å². The van der Waals surface area contributed by atoms with Crippen molar-refractivity contribution in [3.05, 3.63) is 0 Å². The molecule has 23 valence electrons. The van der Waals surface area contributed by atoms with Crippen LogP contribution in [0.3, 0.4) is 0 Å². The average molecular weight is 92.5 g/mol. The van der Waals surface area contributed by atoms with Gasteiger partial charge in [-0.2, -0.15) is 0 Å². The Morgan fingerprint density at radius 2 is 1.25 bits per heavy atom. The van der Waals surface area contributed by atoms with Crippen LogP contribution < -0.4 is 5.90 Å². The molecule has 0 aromatic carbocycles. The Kier molecular flexibility index (Phi) is 140. The maximum absolute atomic E-state index is 6.50. The molecule has 0 fully saturated rings. The first-order valence-corrected chi connectivity index (χ1v) is 0.258. The summed E-state index contributed by atoms with van der Waals surface area (Å²) in [5.74, 6) is 3.50. The van der Waals surface area contributed by atoms with E-state index in [-0.39, 0.29) is 42.0 Å². The van der Waals surface area contributed by atoms with Gasteiger partial charge in [0.1, 0.15) is 0 Å². The Morgan fingerprint density at radius 3 is 1.25 bits per heavy atom. The van der Waals surface area contributed by atoms with Gasteiger partial charge in [-0.25, -0.2) is 5.90 Å². The first-order chi connectivity index (χ1) is 1.00. The van der Waals surface area contributed by atoms with Crippen molar-refractivity contribution in [2.45, 2.75) is 0 Å². The molecule has 0 saturated heterocycles. The van der Waals surface area contributed by atoms with E-state index in [1.165, 1.54) is 0 Å². The van der Waals surface area contributed by atoms with Gasteiger partial charge in [0.25, 0.3) is 0 Å². The summed E-state index contributed by atoms with van der Waals surface area (Å²) in [7, 11) is 0. The Hall–Kier alpha value is 1.21. The van der Waals surface area contributed by atoms with Gasteiger partial charge >= 0.3 is 0 Å². The molecule has 0 aliphatic rings. The summed E-state index contributed by atoms with van der Waals surface area (Å²) < 4.78 is 0. The van der Waals surface area contributed by atoms with Crippen molar-refractivity contribution < 1.29 is 5.21 Å². The Morgan fingerprint density at radius 1 is 1.25 bits per heavy atom. The van der Waals surface area contributed by atoms with E-state index < -0.39 is 0 Å². The summed E-state index contributed by atoms with van der Waals surface area (Å²) in [6.07, 6.45) is 0. The van der Waals surface area contributed by atoms with E-state index in [0.717, 1.165) is 0 Å². The van der Waals surface area contributed by atoms with Gasteiger partial charge in [0.2, 0.25) is 0 Å². The molecule has 4 heteroatoms. The summed E-state index contributed by atoms with van der Waals surface area (Å²) in [5.41, 5.74) is 0. The largest absolute Gasteiger partial charge is 0.320 e. The van der Waals surface area contributed by atoms with Crippen LogP contribution in [0.15, 0.2) is 0 Å². The molecule has 1 radical (unpaired) electrons. The molecule has 0 aromatic rings. The fraction of sp³-hybridized carbons (Fsp3) is 0. The maximum atomic E-state index is 6.50. The van der Waals surface area contributed by atoms with Crippen LogP contribution in [-0.4, -0.2) is 34.8 Å². The third-order valence-electron chi connectivity index (χ3n) is 0. The van der Waals surface area contributed by atoms with Crippen molar-refractivity contribution in [1.29, 1.82) is 0 Å². The summed E-state index contributed by atoms with van der Waals surface area (Å²) in [5, 5.41) is 6.50. The molecule has 0 aromatic heterocycles. The molecule has 0 aliphatic heterocycles. The van der Waals surface area contributed by atoms with Crippen molar-refractivity contribution in [1.82, 2.24) is 0 Å². The summed E-state index contributed by atoms with van der Waals surface area (Å²) in [6, 6.07) is 0. The summed E-state index contributed by atoms with van der Waals surface area (Å²) in [4.78, 5) is 0. The summed E-state index contributed by atoms with van der Waals surface area (Å²) >= 11 is 0. The van der Waals surface area contributed by atoms with Crippen LogP contribution in [0.5, 0.6) is 0 Å². The second-order valence-electron chi connectivity index (χ2n) is 0. The third kappa shape index (κ3) is 10.7. The van der Waals surface area contributed by atoms with E-state index in [9.17, 15) is 0 Å². The quantitative estimate of drug-likeness (QED) is 0.309.